The predicted molar refractivity (Wildman–Crippen MR) is 70.7 cm³/mol. The second-order valence-electron chi connectivity index (χ2n) is 4.02. The van der Waals surface area contributed by atoms with Gasteiger partial charge in [0, 0.05) is 6.20 Å². The third-order valence-electron chi connectivity index (χ3n) is 2.53. The first-order valence-corrected chi connectivity index (χ1v) is 5.79. The molecule has 0 spiro atoms. The van der Waals surface area contributed by atoms with Crippen molar-refractivity contribution in [1.82, 2.24) is 15.5 Å². The molecule has 19 heavy (non-hydrogen) atoms. The largest absolute Gasteiger partial charge is 0.508 e. The summed E-state index contributed by atoms with van der Waals surface area (Å²) in [6, 6.07) is 9.45. The smallest absolute Gasteiger partial charge is 0.320 e. The van der Waals surface area contributed by atoms with Crippen LogP contribution in [0.1, 0.15) is 18.5 Å². The van der Waals surface area contributed by atoms with Gasteiger partial charge in [-0.3, -0.25) is 5.32 Å². The number of aromatic hydroxyl groups is 1. The zero-order valence-electron chi connectivity index (χ0n) is 10.4. The number of benzene rings is 1. The number of amides is 2. The van der Waals surface area contributed by atoms with E-state index in [2.05, 4.69) is 20.8 Å². The molecule has 0 saturated carbocycles. The molecule has 1 atom stereocenters. The summed E-state index contributed by atoms with van der Waals surface area (Å²) in [6.45, 7) is 1.82. The Bertz CT molecular complexity index is 560. The van der Waals surface area contributed by atoms with Crippen LogP contribution in [0.15, 0.2) is 42.6 Å². The van der Waals surface area contributed by atoms with E-state index in [4.69, 9.17) is 0 Å². The second-order valence-corrected chi connectivity index (χ2v) is 4.02. The van der Waals surface area contributed by atoms with Gasteiger partial charge in [0.05, 0.1) is 6.04 Å². The monoisotopic (exact) mass is 258 g/mol. The first-order chi connectivity index (χ1) is 9.15. The molecule has 1 heterocycles. The van der Waals surface area contributed by atoms with Crippen molar-refractivity contribution in [1.29, 1.82) is 0 Å². The van der Waals surface area contributed by atoms with E-state index in [1.807, 2.05) is 13.0 Å². The summed E-state index contributed by atoms with van der Waals surface area (Å²) < 4.78 is 0. The summed E-state index contributed by atoms with van der Waals surface area (Å²) in [4.78, 5) is 11.7. The maximum absolute atomic E-state index is 11.7. The molecule has 6 heteroatoms. The standard InChI is InChI=1S/C13H14N4O2/c1-9(10-4-2-5-11(18)8-10)15-13(19)16-12-6-3-7-14-17-12/h2-9,18H,1H3,(H2,15,16,17,19)/t9-/m0/s1. The number of rotatable bonds is 3. The highest BCUT2D eigenvalue weighted by molar-refractivity contribution is 5.88. The molecule has 2 rings (SSSR count). The first kappa shape index (κ1) is 12.8. The molecule has 0 saturated heterocycles. The minimum atomic E-state index is -0.378. The van der Waals surface area contributed by atoms with Crippen molar-refractivity contribution in [3.05, 3.63) is 48.2 Å². The maximum Gasteiger partial charge on any atom is 0.320 e. The molecular weight excluding hydrogens is 244 g/mol. The van der Waals surface area contributed by atoms with Gasteiger partial charge in [0.1, 0.15) is 5.75 Å². The number of phenols is 1. The van der Waals surface area contributed by atoms with Crippen LogP contribution in [0.5, 0.6) is 5.75 Å². The Morgan fingerprint density at radius 2 is 2.16 bits per heavy atom. The first-order valence-electron chi connectivity index (χ1n) is 5.79. The number of anilines is 1. The molecule has 0 aliphatic carbocycles. The zero-order chi connectivity index (χ0) is 13.7. The molecule has 1 aromatic carbocycles. The lowest BCUT2D eigenvalue weighted by atomic mass is 10.1. The Balaban J connectivity index is 1.95. The number of nitrogens with zero attached hydrogens (tertiary/aromatic N) is 2. The molecule has 0 bridgehead atoms. The zero-order valence-corrected chi connectivity index (χ0v) is 10.4. The lowest BCUT2D eigenvalue weighted by Crippen LogP contribution is -2.31. The van der Waals surface area contributed by atoms with Gasteiger partial charge in [-0.2, -0.15) is 5.10 Å². The number of hydrogen-bond acceptors (Lipinski definition) is 4. The SMILES string of the molecule is C[C@H](NC(=O)Nc1cccnn1)c1cccc(O)c1. The molecule has 0 fully saturated rings. The highest BCUT2D eigenvalue weighted by atomic mass is 16.3. The van der Waals surface area contributed by atoms with Crippen LogP contribution < -0.4 is 10.6 Å². The van der Waals surface area contributed by atoms with Crippen molar-refractivity contribution in [3.63, 3.8) is 0 Å². The van der Waals surface area contributed by atoms with Crippen LogP contribution in [0.4, 0.5) is 10.6 Å². The van der Waals surface area contributed by atoms with Gasteiger partial charge < -0.3 is 10.4 Å². The fraction of sp³-hybridized carbons (Fsp3) is 0.154. The van der Waals surface area contributed by atoms with Gasteiger partial charge in [0.25, 0.3) is 0 Å². The summed E-state index contributed by atoms with van der Waals surface area (Å²) in [5.74, 6) is 0.545. The van der Waals surface area contributed by atoms with Crippen LogP contribution in [0.25, 0.3) is 0 Å². The van der Waals surface area contributed by atoms with Gasteiger partial charge in [-0.1, -0.05) is 12.1 Å². The Morgan fingerprint density at radius 1 is 1.32 bits per heavy atom. The van der Waals surface area contributed by atoms with E-state index >= 15 is 0 Å². The Morgan fingerprint density at radius 3 is 2.84 bits per heavy atom. The number of nitrogens with one attached hydrogen (secondary N) is 2. The van der Waals surface area contributed by atoms with Crippen LogP contribution in [0.3, 0.4) is 0 Å². The normalized spacial score (nSPS) is 11.6. The molecular formula is C13H14N4O2. The third-order valence-corrected chi connectivity index (χ3v) is 2.53. The van der Waals surface area contributed by atoms with Crippen LogP contribution in [-0.4, -0.2) is 21.3 Å². The number of phenolic OH excluding ortho intramolecular Hbond substituents is 1. The van der Waals surface area contributed by atoms with E-state index in [1.54, 1.807) is 30.3 Å². The molecule has 2 amide bonds. The van der Waals surface area contributed by atoms with Gasteiger partial charge in [0.2, 0.25) is 0 Å². The third kappa shape index (κ3) is 3.67. The summed E-state index contributed by atoms with van der Waals surface area (Å²) in [5.41, 5.74) is 0.814. The quantitative estimate of drug-likeness (QED) is 0.786. The van der Waals surface area contributed by atoms with Crippen molar-refractivity contribution in [2.45, 2.75) is 13.0 Å². The fourth-order valence-corrected chi connectivity index (χ4v) is 1.59. The van der Waals surface area contributed by atoms with Gasteiger partial charge in [0.15, 0.2) is 5.82 Å². The van der Waals surface area contributed by atoms with E-state index in [0.717, 1.165) is 5.56 Å². The Kier molecular flexibility index (Phi) is 3.92. The van der Waals surface area contributed by atoms with Crippen LogP contribution >= 0.6 is 0 Å². The lowest BCUT2D eigenvalue weighted by molar-refractivity contribution is 0.249. The van der Waals surface area contributed by atoms with Crippen molar-refractivity contribution in [3.8, 4) is 5.75 Å². The number of hydrogen-bond donors (Lipinski definition) is 3. The van der Waals surface area contributed by atoms with Crippen LogP contribution in [-0.2, 0) is 0 Å². The summed E-state index contributed by atoms with van der Waals surface area (Å²) in [6.07, 6.45) is 1.53. The molecule has 0 aliphatic rings. The highest BCUT2D eigenvalue weighted by Gasteiger charge is 2.10. The Hall–Kier alpha value is -2.63. The van der Waals surface area contributed by atoms with Crippen molar-refractivity contribution in [2.24, 2.45) is 0 Å². The van der Waals surface area contributed by atoms with Crippen molar-refractivity contribution < 1.29 is 9.90 Å². The minimum Gasteiger partial charge on any atom is -0.508 e. The molecule has 6 nitrogen and oxygen atoms in total. The topological polar surface area (TPSA) is 87.1 Å². The summed E-state index contributed by atoms with van der Waals surface area (Å²) in [5, 5.41) is 22.1. The molecule has 1 aromatic heterocycles. The second kappa shape index (κ2) is 5.81. The van der Waals surface area contributed by atoms with Crippen molar-refractivity contribution >= 4 is 11.8 Å². The van der Waals surface area contributed by atoms with Gasteiger partial charge in [-0.25, -0.2) is 4.79 Å². The number of aromatic nitrogens is 2. The van der Waals surface area contributed by atoms with Gasteiger partial charge >= 0.3 is 6.03 Å². The molecule has 0 unspecified atom stereocenters. The molecule has 3 N–H and O–H groups in total. The van der Waals surface area contributed by atoms with Gasteiger partial charge in [-0.15, -0.1) is 5.10 Å². The lowest BCUT2D eigenvalue weighted by Gasteiger charge is -2.14. The summed E-state index contributed by atoms with van der Waals surface area (Å²) in [7, 11) is 0. The number of urea groups is 1. The number of carbonyl (C=O) groups is 1. The maximum atomic E-state index is 11.7. The van der Waals surface area contributed by atoms with Crippen LogP contribution in [0.2, 0.25) is 0 Å². The average Bonchev–Trinajstić information content (AvgIpc) is 2.39. The van der Waals surface area contributed by atoms with Crippen molar-refractivity contribution in [2.75, 3.05) is 5.32 Å². The van der Waals surface area contributed by atoms with E-state index < -0.39 is 0 Å². The van der Waals surface area contributed by atoms with E-state index in [-0.39, 0.29) is 17.8 Å². The minimum absolute atomic E-state index is 0.167. The fourth-order valence-electron chi connectivity index (χ4n) is 1.59. The molecule has 0 aliphatic heterocycles. The predicted octanol–water partition coefficient (Wildman–Crippen LogP) is 2.06. The molecule has 2 aromatic rings. The Labute approximate surface area is 110 Å². The highest BCUT2D eigenvalue weighted by Crippen LogP contribution is 2.17. The van der Waals surface area contributed by atoms with E-state index in [1.165, 1.54) is 6.20 Å². The average molecular weight is 258 g/mol. The van der Waals surface area contributed by atoms with E-state index in [0.29, 0.717) is 5.82 Å². The number of carbonyl (C=O) groups excluding carboxylic acids is 1. The summed E-state index contributed by atoms with van der Waals surface area (Å²) >= 11 is 0. The molecule has 0 radical (unpaired) electrons. The van der Waals surface area contributed by atoms with E-state index in [9.17, 15) is 9.90 Å². The molecule has 98 valence electrons. The van der Waals surface area contributed by atoms with Crippen LogP contribution in [0, 0.1) is 0 Å². The van der Waals surface area contributed by atoms with Gasteiger partial charge in [-0.05, 0) is 36.8 Å².